The molecule has 0 atom stereocenters. The highest BCUT2D eigenvalue weighted by Gasteiger charge is 2.14. The van der Waals surface area contributed by atoms with Gasteiger partial charge in [-0.15, -0.1) is 0 Å². The molecule has 4 rings (SSSR count). The second kappa shape index (κ2) is 11.0. The van der Waals surface area contributed by atoms with E-state index in [0.717, 1.165) is 39.9 Å². The number of fused-ring (bicyclic) bond motifs is 1. The Bertz CT molecular complexity index is 1360. The molecule has 0 saturated heterocycles. The van der Waals surface area contributed by atoms with Gasteiger partial charge in [-0.25, -0.2) is 0 Å². The number of hydrogen-bond donors (Lipinski definition) is 2. The normalized spacial score (nSPS) is 10.9. The third-order valence-corrected chi connectivity index (χ3v) is 5.62. The summed E-state index contributed by atoms with van der Waals surface area (Å²) in [6.45, 7) is 12.4. The van der Waals surface area contributed by atoms with Gasteiger partial charge in [-0.3, -0.25) is 19.3 Å². The zero-order chi connectivity index (χ0) is 26.5. The zero-order valence-electron chi connectivity index (χ0n) is 21.6. The number of nitrogens with two attached hydrogens (primary N) is 1. The van der Waals surface area contributed by atoms with Crippen LogP contribution in [0.3, 0.4) is 0 Å². The molecule has 0 fully saturated rings. The first-order valence-corrected chi connectivity index (χ1v) is 11.7. The third-order valence-electron chi connectivity index (χ3n) is 5.62. The van der Waals surface area contributed by atoms with E-state index in [-0.39, 0.29) is 5.54 Å². The number of pyridine rings is 1. The van der Waals surface area contributed by atoms with Crippen LogP contribution in [0.5, 0.6) is 11.5 Å². The molecule has 188 valence electrons. The predicted molar refractivity (Wildman–Crippen MR) is 143 cm³/mol. The van der Waals surface area contributed by atoms with Crippen LogP contribution in [0.2, 0.25) is 0 Å². The second-order valence-electron chi connectivity index (χ2n) is 9.53. The molecule has 36 heavy (non-hydrogen) atoms. The Morgan fingerprint density at radius 1 is 1.14 bits per heavy atom. The van der Waals surface area contributed by atoms with Gasteiger partial charge < -0.3 is 15.8 Å². The van der Waals surface area contributed by atoms with Crippen LogP contribution in [-0.4, -0.2) is 27.1 Å². The van der Waals surface area contributed by atoms with Crippen LogP contribution in [0.4, 0.5) is 5.69 Å². The van der Waals surface area contributed by atoms with Crippen LogP contribution >= 0.6 is 0 Å². The van der Waals surface area contributed by atoms with Gasteiger partial charge in [-0.1, -0.05) is 19.1 Å². The number of aromatic nitrogens is 3. The van der Waals surface area contributed by atoms with E-state index in [1.54, 1.807) is 47.5 Å². The van der Waals surface area contributed by atoms with Crippen LogP contribution in [0.25, 0.3) is 10.9 Å². The summed E-state index contributed by atoms with van der Waals surface area (Å²) in [5.74, 6) is 1.04. The molecule has 0 aliphatic carbocycles. The van der Waals surface area contributed by atoms with Crippen molar-refractivity contribution in [2.45, 2.75) is 53.5 Å². The lowest BCUT2D eigenvalue weighted by atomic mass is 10.0. The van der Waals surface area contributed by atoms with Gasteiger partial charge in [0.25, 0.3) is 0 Å². The highest BCUT2D eigenvalue weighted by molar-refractivity contribution is 5.98. The molecule has 0 bridgehead atoms. The smallest absolute Gasteiger partial charge is 0.248 e. The minimum Gasteiger partial charge on any atom is -0.456 e. The molecule has 8 nitrogen and oxygen atoms in total. The quantitative estimate of drug-likeness (QED) is 0.348. The fraction of sp³-hybridized carbons (Fsp3) is 0.286. The molecule has 0 aliphatic rings. The summed E-state index contributed by atoms with van der Waals surface area (Å²) in [6.07, 6.45) is 6.76. The van der Waals surface area contributed by atoms with Gasteiger partial charge in [0.15, 0.2) is 0 Å². The standard InChI is InChI=1S/C20H20N2O2.C8H13N3O/c1-4-14-9-12(2)19(13(3)10-14)24-18-7-8-22-17-6-5-15(20(21)23)11-16(17)18;1-8(2,3)11-5-7(4-10-11)9-6-12/h5-11H,4H2,1-3H3,(H2,21,23);4-6H,1-3H3,(H,9,12). The summed E-state index contributed by atoms with van der Waals surface area (Å²) in [5.41, 5.74) is 10.7. The maximum atomic E-state index is 11.5. The van der Waals surface area contributed by atoms with E-state index in [9.17, 15) is 9.59 Å². The summed E-state index contributed by atoms with van der Waals surface area (Å²) in [5, 5.41) is 7.41. The largest absolute Gasteiger partial charge is 0.456 e. The Morgan fingerprint density at radius 2 is 1.83 bits per heavy atom. The van der Waals surface area contributed by atoms with Crippen molar-refractivity contribution < 1.29 is 14.3 Å². The zero-order valence-corrected chi connectivity index (χ0v) is 21.6. The highest BCUT2D eigenvalue weighted by atomic mass is 16.5. The molecule has 3 N–H and O–H groups in total. The average molecular weight is 488 g/mol. The van der Waals surface area contributed by atoms with Crippen molar-refractivity contribution in [1.82, 2.24) is 14.8 Å². The van der Waals surface area contributed by atoms with E-state index >= 15 is 0 Å². The van der Waals surface area contributed by atoms with Gasteiger partial charge in [-0.2, -0.15) is 5.10 Å². The molecule has 0 saturated carbocycles. The van der Waals surface area contributed by atoms with Crippen LogP contribution in [0.1, 0.15) is 54.7 Å². The first-order valence-electron chi connectivity index (χ1n) is 11.7. The number of nitrogens with zero attached hydrogens (tertiary/aromatic N) is 3. The first-order chi connectivity index (χ1) is 17.0. The Hall–Kier alpha value is -4.20. The average Bonchev–Trinajstić information content (AvgIpc) is 3.31. The third kappa shape index (κ3) is 6.27. The molecule has 2 amide bonds. The van der Waals surface area contributed by atoms with Crippen molar-refractivity contribution in [3.05, 3.63) is 77.2 Å². The van der Waals surface area contributed by atoms with E-state index in [4.69, 9.17) is 10.5 Å². The SMILES string of the molecule is CC(C)(C)n1cc(NC=O)cn1.CCc1cc(C)c(Oc2ccnc3ccc(C(N)=O)cc23)c(C)c1. The summed E-state index contributed by atoms with van der Waals surface area (Å²) in [7, 11) is 0. The van der Waals surface area contributed by atoms with E-state index in [0.29, 0.717) is 17.7 Å². The lowest BCUT2D eigenvalue weighted by Gasteiger charge is -2.18. The van der Waals surface area contributed by atoms with E-state index in [2.05, 4.69) is 34.5 Å². The Balaban J connectivity index is 0.000000253. The molecule has 8 heteroatoms. The number of primary amides is 1. The van der Waals surface area contributed by atoms with Crippen molar-refractivity contribution in [1.29, 1.82) is 0 Å². The number of nitrogens with one attached hydrogen (secondary N) is 1. The Morgan fingerprint density at radius 3 is 2.39 bits per heavy atom. The Labute approximate surface area is 211 Å². The monoisotopic (exact) mass is 487 g/mol. The minimum atomic E-state index is -0.466. The van der Waals surface area contributed by atoms with Crippen molar-refractivity contribution >= 4 is 28.9 Å². The molecule has 0 spiro atoms. The van der Waals surface area contributed by atoms with Crippen molar-refractivity contribution in [2.75, 3.05) is 5.32 Å². The number of carbonyl (C=O) groups excluding carboxylic acids is 2. The van der Waals surface area contributed by atoms with Crippen LogP contribution in [0, 0.1) is 13.8 Å². The van der Waals surface area contributed by atoms with E-state index < -0.39 is 5.91 Å². The molecule has 2 heterocycles. The maximum absolute atomic E-state index is 11.5. The van der Waals surface area contributed by atoms with Gasteiger partial charge in [0.1, 0.15) is 11.5 Å². The van der Waals surface area contributed by atoms with Gasteiger partial charge in [0.05, 0.1) is 22.9 Å². The summed E-state index contributed by atoms with van der Waals surface area (Å²) in [6, 6.07) is 11.3. The van der Waals surface area contributed by atoms with E-state index in [1.807, 2.05) is 34.6 Å². The summed E-state index contributed by atoms with van der Waals surface area (Å²) in [4.78, 5) is 25.9. The number of amides is 2. The molecule has 4 aromatic rings. The number of hydrogen-bond acceptors (Lipinski definition) is 5. The number of anilines is 1. The molecule has 0 unspecified atom stereocenters. The van der Waals surface area contributed by atoms with Crippen LogP contribution in [-0.2, 0) is 16.8 Å². The van der Waals surface area contributed by atoms with Gasteiger partial charge in [0, 0.05) is 23.3 Å². The van der Waals surface area contributed by atoms with Gasteiger partial charge >= 0.3 is 0 Å². The van der Waals surface area contributed by atoms with Crippen molar-refractivity contribution in [3.63, 3.8) is 0 Å². The molecule has 2 aromatic carbocycles. The number of rotatable bonds is 6. The minimum absolute atomic E-state index is 0.0389. The van der Waals surface area contributed by atoms with Gasteiger partial charge in [0.2, 0.25) is 12.3 Å². The molecule has 0 radical (unpaired) electrons. The highest BCUT2D eigenvalue weighted by Crippen LogP contribution is 2.34. The molecular weight excluding hydrogens is 454 g/mol. The van der Waals surface area contributed by atoms with Crippen molar-refractivity contribution in [2.24, 2.45) is 5.73 Å². The van der Waals surface area contributed by atoms with Crippen LogP contribution in [0.15, 0.2) is 55.0 Å². The lowest BCUT2D eigenvalue weighted by molar-refractivity contribution is -0.105. The number of aryl methyl sites for hydroxylation is 3. The molecule has 2 aromatic heterocycles. The predicted octanol–water partition coefficient (Wildman–Crippen LogP) is 5.51. The van der Waals surface area contributed by atoms with E-state index in [1.165, 1.54) is 5.56 Å². The molecule has 0 aliphatic heterocycles. The van der Waals surface area contributed by atoms with Crippen molar-refractivity contribution in [3.8, 4) is 11.5 Å². The number of ether oxygens (including phenoxy) is 1. The number of carbonyl (C=O) groups is 2. The van der Waals surface area contributed by atoms with Gasteiger partial charge in [-0.05, 0) is 82.0 Å². The Kier molecular flexibility index (Phi) is 8.09. The maximum Gasteiger partial charge on any atom is 0.248 e. The summed E-state index contributed by atoms with van der Waals surface area (Å²) < 4.78 is 8.00. The second-order valence-corrected chi connectivity index (χ2v) is 9.53. The first kappa shape index (κ1) is 26.4. The number of benzene rings is 2. The fourth-order valence-corrected chi connectivity index (χ4v) is 3.71. The topological polar surface area (TPSA) is 112 Å². The van der Waals surface area contributed by atoms with Crippen LogP contribution < -0.4 is 15.8 Å². The lowest BCUT2D eigenvalue weighted by Crippen LogP contribution is -2.21. The fourth-order valence-electron chi connectivity index (χ4n) is 3.71. The molecular formula is C28H33N5O3. The summed E-state index contributed by atoms with van der Waals surface area (Å²) >= 11 is 0.